The predicted octanol–water partition coefficient (Wildman–Crippen LogP) is 0.784. The molecule has 0 aliphatic rings. The summed E-state index contributed by atoms with van der Waals surface area (Å²) in [5, 5.41) is 10.2. The van der Waals surface area contributed by atoms with Gasteiger partial charge in [0.15, 0.2) is 0 Å². The average molecular weight is 257 g/mol. The molecule has 0 radical (unpaired) electrons. The largest absolute Gasteiger partial charge is 0.338 e. The number of carbonyl (C=O) groups is 1. The van der Waals surface area contributed by atoms with E-state index in [1.165, 1.54) is 12.1 Å². The molecular weight excluding hydrogens is 242 g/mol. The third-order valence-corrected chi connectivity index (χ3v) is 3.23. The molecule has 2 amide bonds. The van der Waals surface area contributed by atoms with Gasteiger partial charge < -0.3 is 10.6 Å². The molecule has 1 rings (SSSR count). The summed E-state index contributed by atoms with van der Waals surface area (Å²) in [7, 11) is -3.78. The van der Waals surface area contributed by atoms with Crippen molar-refractivity contribution < 1.29 is 13.2 Å². The lowest BCUT2D eigenvalue weighted by atomic mass is 10.2. The number of nitrogens with two attached hydrogens (primary N) is 1. The lowest BCUT2D eigenvalue weighted by Crippen LogP contribution is -2.28. The predicted molar refractivity (Wildman–Crippen MR) is 65.2 cm³/mol. The van der Waals surface area contributed by atoms with Crippen molar-refractivity contribution in [1.29, 1.82) is 0 Å². The number of urea groups is 1. The van der Waals surface area contributed by atoms with E-state index in [0.717, 1.165) is 0 Å². The van der Waals surface area contributed by atoms with E-state index in [1.54, 1.807) is 19.9 Å². The van der Waals surface area contributed by atoms with Crippen molar-refractivity contribution in [3.05, 3.63) is 23.8 Å². The first kappa shape index (κ1) is 13.5. The Morgan fingerprint density at radius 3 is 2.59 bits per heavy atom. The molecule has 94 valence electrons. The van der Waals surface area contributed by atoms with Gasteiger partial charge in [-0.1, -0.05) is 6.07 Å². The fourth-order valence-corrected chi connectivity index (χ4v) is 2.19. The molecule has 0 aromatic heterocycles. The van der Waals surface area contributed by atoms with Crippen molar-refractivity contribution in [2.45, 2.75) is 18.7 Å². The van der Waals surface area contributed by atoms with Crippen molar-refractivity contribution >= 4 is 21.7 Å². The zero-order valence-electron chi connectivity index (χ0n) is 9.65. The maximum absolute atomic E-state index is 11.3. The molecule has 0 unspecified atom stereocenters. The van der Waals surface area contributed by atoms with E-state index in [-0.39, 0.29) is 10.9 Å². The molecule has 0 spiro atoms. The van der Waals surface area contributed by atoms with Crippen molar-refractivity contribution in [3.63, 3.8) is 0 Å². The number of anilines is 1. The number of amides is 2. The molecule has 6 nitrogen and oxygen atoms in total. The van der Waals surface area contributed by atoms with Gasteiger partial charge >= 0.3 is 6.03 Å². The molecule has 0 atom stereocenters. The second-order valence-corrected chi connectivity index (χ2v) is 4.99. The maximum atomic E-state index is 11.3. The molecule has 1 aromatic rings. The fourth-order valence-electron chi connectivity index (χ4n) is 1.39. The van der Waals surface area contributed by atoms with Crippen LogP contribution in [-0.4, -0.2) is 21.0 Å². The van der Waals surface area contributed by atoms with Gasteiger partial charge in [-0.15, -0.1) is 0 Å². The van der Waals surface area contributed by atoms with Gasteiger partial charge in [-0.2, -0.15) is 0 Å². The van der Waals surface area contributed by atoms with Crippen molar-refractivity contribution in [3.8, 4) is 0 Å². The van der Waals surface area contributed by atoms with Crippen LogP contribution in [0.5, 0.6) is 0 Å². The quantitative estimate of drug-likeness (QED) is 0.745. The third-order valence-electron chi connectivity index (χ3n) is 2.18. The van der Waals surface area contributed by atoms with E-state index in [9.17, 15) is 13.2 Å². The van der Waals surface area contributed by atoms with Crippen LogP contribution in [0.25, 0.3) is 0 Å². The minimum atomic E-state index is -3.78. The monoisotopic (exact) mass is 257 g/mol. The zero-order chi connectivity index (χ0) is 13.1. The van der Waals surface area contributed by atoms with Crippen molar-refractivity contribution in [2.24, 2.45) is 5.14 Å². The van der Waals surface area contributed by atoms with Gasteiger partial charge in [0.1, 0.15) is 0 Å². The maximum Gasteiger partial charge on any atom is 0.319 e. The summed E-state index contributed by atoms with van der Waals surface area (Å²) in [6.45, 7) is 3.86. The molecule has 1 aromatic carbocycles. The molecule has 0 bridgehead atoms. The highest BCUT2D eigenvalue weighted by Gasteiger charge is 2.14. The summed E-state index contributed by atoms with van der Waals surface area (Å²) in [4.78, 5) is 11.3. The van der Waals surface area contributed by atoms with Crippen LogP contribution in [-0.2, 0) is 10.0 Å². The minimum Gasteiger partial charge on any atom is -0.338 e. The highest BCUT2D eigenvalue weighted by molar-refractivity contribution is 7.89. The molecule has 7 heteroatoms. The molecule has 0 saturated carbocycles. The first-order valence-electron chi connectivity index (χ1n) is 5.03. The van der Waals surface area contributed by atoms with Gasteiger partial charge in [0.25, 0.3) is 0 Å². The number of primary sulfonamides is 1. The average Bonchev–Trinajstić information content (AvgIpc) is 2.19. The zero-order valence-corrected chi connectivity index (χ0v) is 10.5. The van der Waals surface area contributed by atoms with Crippen LogP contribution >= 0.6 is 0 Å². The smallest absolute Gasteiger partial charge is 0.319 e. The first-order chi connectivity index (χ1) is 7.86. The Morgan fingerprint density at radius 2 is 2.06 bits per heavy atom. The number of nitrogens with one attached hydrogen (secondary N) is 2. The van der Waals surface area contributed by atoms with Crippen LogP contribution in [0.1, 0.15) is 12.5 Å². The molecular formula is C10H15N3O3S. The number of hydrogen-bond acceptors (Lipinski definition) is 3. The lowest BCUT2D eigenvalue weighted by Gasteiger charge is -2.11. The summed E-state index contributed by atoms with van der Waals surface area (Å²) in [6.07, 6.45) is 0. The summed E-state index contributed by atoms with van der Waals surface area (Å²) in [6, 6.07) is 4.14. The van der Waals surface area contributed by atoms with Crippen LogP contribution in [0, 0.1) is 6.92 Å². The SMILES string of the molecule is CCNC(=O)Nc1cccc(S(N)(=O)=O)c1C. The van der Waals surface area contributed by atoms with Crippen molar-refractivity contribution in [1.82, 2.24) is 5.32 Å². The highest BCUT2D eigenvalue weighted by atomic mass is 32.2. The number of sulfonamides is 1. The summed E-state index contributed by atoms with van der Waals surface area (Å²) < 4.78 is 22.5. The summed E-state index contributed by atoms with van der Waals surface area (Å²) in [5.74, 6) is 0. The molecule has 17 heavy (non-hydrogen) atoms. The van der Waals surface area contributed by atoms with Crippen LogP contribution in [0.3, 0.4) is 0 Å². The molecule has 0 heterocycles. The minimum absolute atomic E-state index is 0.00629. The molecule has 0 fully saturated rings. The standard InChI is InChI=1S/C10H15N3O3S/c1-3-12-10(14)13-8-5-4-6-9(7(8)2)17(11,15)16/h4-6H,3H2,1-2H3,(H2,11,15,16)(H2,12,13,14). The third kappa shape index (κ3) is 3.43. The Balaban J connectivity index is 3.08. The Labute approximate surface area is 100 Å². The van der Waals surface area contributed by atoms with Crippen LogP contribution in [0.4, 0.5) is 10.5 Å². The first-order valence-corrected chi connectivity index (χ1v) is 6.58. The van der Waals surface area contributed by atoms with Crippen LogP contribution in [0.2, 0.25) is 0 Å². The summed E-state index contributed by atoms with van der Waals surface area (Å²) >= 11 is 0. The lowest BCUT2D eigenvalue weighted by molar-refractivity contribution is 0.252. The molecule has 0 aliphatic heterocycles. The van der Waals surface area contributed by atoms with Gasteiger partial charge in [-0.3, -0.25) is 0 Å². The van der Waals surface area contributed by atoms with E-state index in [1.807, 2.05) is 0 Å². The van der Waals surface area contributed by atoms with E-state index in [4.69, 9.17) is 5.14 Å². The van der Waals surface area contributed by atoms with Crippen LogP contribution < -0.4 is 15.8 Å². The van der Waals surface area contributed by atoms with Gasteiger partial charge in [0.2, 0.25) is 10.0 Å². The van der Waals surface area contributed by atoms with E-state index >= 15 is 0 Å². The van der Waals surface area contributed by atoms with E-state index < -0.39 is 10.0 Å². The normalized spacial score (nSPS) is 11.0. The number of hydrogen-bond donors (Lipinski definition) is 3. The number of benzene rings is 1. The molecule has 0 saturated heterocycles. The van der Waals surface area contributed by atoms with Gasteiger partial charge in [-0.05, 0) is 31.5 Å². The van der Waals surface area contributed by atoms with Gasteiger partial charge in [-0.25, -0.2) is 18.4 Å². The number of rotatable bonds is 3. The molecule has 4 N–H and O–H groups in total. The van der Waals surface area contributed by atoms with Crippen molar-refractivity contribution in [2.75, 3.05) is 11.9 Å². The number of carbonyl (C=O) groups excluding carboxylic acids is 1. The van der Waals surface area contributed by atoms with Crippen LogP contribution in [0.15, 0.2) is 23.1 Å². The topological polar surface area (TPSA) is 101 Å². The fraction of sp³-hybridized carbons (Fsp3) is 0.300. The Morgan fingerprint density at radius 1 is 1.41 bits per heavy atom. The summed E-state index contributed by atoms with van der Waals surface area (Å²) in [5.41, 5.74) is 0.837. The van der Waals surface area contributed by atoms with E-state index in [2.05, 4.69) is 10.6 Å². The molecule has 0 aliphatic carbocycles. The Bertz CT molecular complexity index is 526. The highest BCUT2D eigenvalue weighted by Crippen LogP contribution is 2.21. The second-order valence-electron chi connectivity index (χ2n) is 3.46. The van der Waals surface area contributed by atoms with Gasteiger partial charge in [0.05, 0.1) is 4.90 Å². The van der Waals surface area contributed by atoms with E-state index in [0.29, 0.717) is 17.8 Å². The van der Waals surface area contributed by atoms with Gasteiger partial charge in [0, 0.05) is 12.2 Å². The second kappa shape index (κ2) is 5.15. The Kier molecular flexibility index (Phi) is 4.08. The Hall–Kier alpha value is -1.60.